The van der Waals surface area contributed by atoms with Crippen LogP contribution in [-0.4, -0.2) is 29.1 Å². The van der Waals surface area contributed by atoms with Gasteiger partial charge in [0.05, 0.1) is 5.56 Å². The molecule has 3 nitrogen and oxygen atoms in total. The van der Waals surface area contributed by atoms with E-state index in [0.29, 0.717) is 11.0 Å². The van der Waals surface area contributed by atoms with E-state index in [0.717, 1.165) is 26.1 Å². The van der Waals surface area contributed by atoms with E-state index in [1.165, 1.54) is 24.0 Å². The number of hydrogen-bond acceptors (Lipinski definition) is 2. The molecule has 1 heterocycles. The van der Waals surface area contributed by atoms with Crippen LogP contribution in [0.15, 0.2) is 54.6 Å². The van der Waals surface area contributed by atoms with Crippen molar-refractivity contribution in [3.63, 3.8) is 0 Å². The normalized spacial score (nSPS) is 21.0. The van der Waals surface area contributed by atoms with Gasteiger partial charge < -0.3 is 5.11 Å². The van der Waals surface area contributed by atoms with Crippen LogP contribution in [0.2, 0.25) is 0 Å². The molecular weight excluding hydrogens is 298 g/mol. The number of nitrogens with zero attached hydrogens (tertiary/aromatic N) is 1. The van der Waals surface area contributed by atoms with Crippen LogP contribution in [0.5, 0.6) is 0 Å². The van der Waals surface area contributed by atoms with E-state index in [1.807, 2.05) is 12.1 Å². The molecule has 0 spiro atoms. The van der Waals surface area contributed by atoms with Gasteiger partial charge in [-0.2, -0.15) is 0 Å². The van der Waals surface area contributed by atoms with Crippen molar-refractivity contribution in [1.82, 2.24) is 4.90 Å². The predicted molar refractivity (Wildman–Crippen MR) is 96.2 cm³/mol. The maximum atomic E-state index is 10.9. The van der Waals surface area contributed by atoms with Gasteiger partial charge in [-0.1, -0.05) is 49.4 Å². The van der Waals surface area contributed by atoms with Gasteiger partial charge in [-0.25, -0.2) is 4.79 Å². The van der Waals surface area contributed by atoms with Crippen LogP contribution in [-0.2, 0) is 13.0 Å². The van der Waals surface area contributed by atoms with Gasteiger partial charge in [0.2, 0.25) is 0 Å². The third kappa shape index (κ3) is 4.24. The molecule has 3 heteroatoms. The van der Waals surface area contributed by atoms with Crippen LogP contribution < -0.4 is 0 Å². The lowest BCUT2D eigenvalue weighted by molar-refractivity contribution is 0.0697. The van der Waals surface area contributed by atoms with Crippen molar-refractivity contribution in [2.75, 3.05) is 13.1 Å². The number of rotatable bonds is 6. The lowest BCUT2D eigenvalue weighted by Crippen LogP contribution is -2.25. The minimum atomic E-state index is -0.865. The topological polar surface area (TPSA) is 40.5 Å². The third-order valence-electron chi connectivity index (χ3n) is 5.10. The average Bonchev–Trinajstić information content (AvgIpc) is 2.96. The number of aryl methyl sites for hydroxylation is 1. The van der Waals surface area contributed by atoms with Crippen LogP contribution in [0.25, 0.3) is 0 Å². The van der Waals surface area contributed by atoms with E-state index in [-0.39, 0.29) is 0 Å². The van der Waals surface area contributed by atoms with Crippen molar-refractivity contribution in [3.05, 3.63) is 71.3 Å². The molecule has 0 aromatic heterocycles. The Kier molecular flexibility index (Phi) is 5.00. The quantitative estimate of drug-likeness (QED) is 0.865. The highest BCUT2D eigenvalue weighted by Gasteiger charge is 2.33. The van der Waals surface area contributed by atoms with E-state index in [1.54, 1.807) is 12.1 Å². The zero-order chi connectivity index (χ0) is 17.0. The Morgan fingerprint density at radius 3 is 2.46 bits per heavy atom. The molecule has 1 unspecified atom stereocenters. The number of aromatic carboxylic acids is 1. The van der Waals surface area contributed by atoms with Gasteiger partial charge in [-0.3, -0.25) is 4.90 Å². The molecule has 1 aliphatic rings. The Labute approximate surface area is 143 Å². The Morgan fingerprint density at radius 1 is 1.08 bits per heavy atom. The Hall–Kier alpha value is -2.13. The summed E-state index contributed by atoms with van der Waals surface area (Å²) in [4.78, 5) is 13.4. The highest BCUT2D eigenvalue weighted by atomic mass is 16.4. The van der Waals surface area contributed by atoms with Gasteiger partial charge in [0.15, 0.2) is 0 Å². The summed E-state index contributed by atoms with van der Waals surface area (Å²) < 4.78 is 0. The molecule has 3 rings (SSSR count). The van der Waals surface area contributed by atoms with Crippen LogP contribution in [0, 0.1) is 5.41 Å². The van der Waals surface area contributed by atoms with E-state index < -0.39 is 5.97 Å². The lowest BCUT2D eigenvalue weighted by Gasteiger charge is -2.25. The summed E-state index contributed by atoms with van der Waals surface area (Å²) in [5.41, 5.74) is 3.33. The van der Waals surface area contributed by atoms with E-state index in [9.17, 15) is 4.79 Å². The first-order valence-electron chi connectivity index (χ1n) is 8.63. The number of hydrogen-bond donors (Lipinski definition) is 1. The zero-order valence-electron chi connectivity index (χ0n) is 14.2. The second kappa shape index (κ2) is 7.18. The molecule has 0 amide bonds. The molecule has 0 saturated carbocycles. The maximum Gasteiger partial charge on any atom is 0.335 e. The number of carboxylic acids is 1. The molecule has 1 fully saturated rings. The summed E-state index contributed by atoms with van der Waals surface area (Å²) in [6, 6.07) is 18.0. The summed E-state index contributed by atoms with van der Waals surface area (Å²) in [6.45, 7) is 5.52. The molecule has 2 aromatic rings. The summed E-state index contributed by atoms with van der Waals surface area (Å²) >= 11 is 0. The Balaban J connectivity index is 1.53. The zero-order valence-corrected chi connectivity index (χ0v) is 14.2. The number of carbonyl (C=O) groups is 1. The first-order valence-corrected chi connectivity index (χ1v) is 8.63. The van der Waals surface area contributed by atoms with Gasteiger partial charge >= 0.3 is 5.97 Å². The van der Waals surface area contributed by atoms with Crippen molar-refractivity contribution < 1.29 is 9.90 Å². The highest BCUT2D eigenvalue weighted by Crippen LogP contribution is 2.35. The Morgan fingerprint density at radius 2 is 1.79 bits per heavy atom. The van der Waals surface area contributed by atoms with Gasteiger partial charge in [0.1, 0.15) is 0 Å². The molecule has 24 heavy (non-hydrogen) atoms. The fourth-order valence-electron chi connectivity index (χ4n) is 3.57. The summed E-state index contributed by atoms with van der Waals surface area (Å²) in [5, 5.41) is 8.97. The van der Waals surface area contributed by atoms with Gasteiger partial charge in [0.25, 0.3) is 0 Å². The van der Waals surface area contributed by atoms with Crippen LogP contribution >= 0.6 is 0 Å². The smallest absolute Gasteiger partial charge is 0.335 e. The molecule has 0 radical (unpaired) electrons. The summed E-state index contributed by atoms with van der Waals surface area (Å²) in [6.07, 6.45) is 3.58. The van der Waals surface area contributed by atoms with E-state index in [4.69, 9.17) is 5.11 Å². The lowest BCUT2D eigenvalue weighted by atomic mass is 9.83. The second-order valence-corrected chi connectivity index (χ2v) is 7.26. The van der Waals surface area contributed by atoms with Crippen molar-refractivity contribution >= 4 is 5.97 Å². The first-order chi connectivity index (χ1) is 11.5. The predicted octanol–water partition coefficient (Wildman–Crippen LogP) is 4.23. The number of benzene rings is 2. The molecule has 1 atom stereocenters. The SMILES string of the molecule is CC1(CCc2ccccc2)CCN(Cc2ccc(C(=O)O)cc2)C1. The molecular formula is C21H25NO2. The molecule has 1 N–H and O–H groups in total. The highest BCUT2D eigenvalue weighted by molar-refractivity contribution is 5.87. The minimum Gasteiger partial charge on any atom is -0.478 e. The first kappa shape index (κ1) is 16.7. The monoisotopic (exact) mass is 323 g/mol. The minimum absolute atomic E-state index is 0.355. The van der Waals surface area contributed by atoms with Crippen LogP contribution in [0.4, 0.5) is 0 Å². The number of likely N-dealkylation sites (tertiary alicyclic amines) is 1. The average molecular weight is 323 g/mol. The fourth-order valence-corrected chi connectivity index (χ4v) is 3.57. The summed E-state index contributed by atoms with van der Waals surface area (Å²) in [7, 11) is 0. The fraction of sp³-hybridized carbons (Fsp3) is 0.381. The maximum absolute atomic E-state index is 10.9. The third-order valence-corrected chi connectivity index (χ3v) is 5.10. The van der Waals surface area contributed by atoms with Crippen LogP contribution in [0.3, 0.4) is 0 Å². The van der Waals surface area contributed by atoms with Gasteiger partial charge in [-0.05, 0) is 54.5 Å². The van der Waals surface area contributed by atoms with Crippen molar-refractivity contribution in [2.24, 2.45) is 5.41 Å². The number of carboxylic acid groups (broad SMARTS) is 1. The van der Waals surface area contributed by atoms with Gasteiger partial charge in [0, 0.05) is 13.1 Å². The van der Waals surface area contributed by atoms with Crippen LogP contribution in [0.1, 0.15) is 41.3 Å². The summed E-state index contributed by atoms with van der Waals surface area (Å²) in [5.74, 6) is -0.865. The van der Waals surface area contributed by atoms with E-state index >= 15 is 0 Å². The van der Waals surface area contributed by atoms with Crippen molar-refractivity contribution in [3.8, 4) is 0 Å². The second-order valence-electron chi connectivity index (χ2n) is 7.26. The molecule has 0 bridgehead atoms. The molecule has 0 aliphatic carbocycles. The van der Waals surface area contributed by atoms with Gasteiger partial charge in [-0.15, -0.1) is 0 Å². The molecule has 126 valence electrons. The van der Waals surface area contributed by atoms with E-state index in [2.05, 4.69) is 42.2 Å². The Bertz CT molecular complexity index is 681. The van der Waals surface area contributed by atoms with Crippen molar-refractivity contribution in [2.45, 2.75) is 32.7 Å². The van der Waals surface area contributed by atoms with Crippen molar-refractivity contribution in [1.29, 1.82) is 0 Å². The standard InChI is InChI=1S/C21H25NO2/c1-21(12-11-17-5-3-2-4-6-17)13-14-22(16-21)15-18-7-9-19(10-8-18)20(23)24/h2-10H,11-16H2,1H3,(H,23,24). The molecule has 1 saturated heterocycles. The molecule has 1 aliphatic heterocycles. The largest absolute Gasteiger partial charge is 0.478 e. The molecule has 2 aromatic carbocycles.